The minimum Gasteiger partial charge on any atom is -0.476 e. The van der Waals surface area contributed by atoms with E-state index in [0.29, 0.717) is 0 Å². The third kappa shape index (κ3) is 4.57. The van der Waals surface area contributed by atoms with E-state index in [-0.39, 0.29) is 30.5 Å². The molecule has 2 aromatic carbocycles. The molecule has 0 fully saturated rings. The molecule has 0 saturated heterocycles. The zero-order chi connectivity index (χ0) is 23.6. The maximum absolute atomic E-state index is 12.5. The summed E-state index contributed by atoms with van der Waals surface area (Å²) < 4.78 is 10.4. The lowest BCUT2D eigenvalue weighted by Crippen LogP contribution is -2.54. The van der Waals surface area contributed by atoms with Gasteiger partial charge in [-0.15, -0.1) is 0 Å². The summed E-state index contributed by atoms with van der Waals surface area (Å²) >= 11 is 0. The molecule has 3 aromatic rings. The number of nitrogens with zero attached hydrogens (tertiary/aromatic N) is 1. The Hall–Kier alpha value is -4.14. The molecule has 0 unspecified atom stereocenters. The highest BCUT2D eigenvalue weighted by Gasteiger charge is 2.32. The lowest BCUT2D eigenvalue weighted by atomic mass is 9.98. The van der Waals surface area contributed by atoms with Gasteiger partial charge in [-0.2, -0.15) is 0 Å². The zero-order valence-electron chi connectivity index (χ0n) is 18.1. The van der Waals surface area contributed by atoms with Crippen molar-refractivity contribution < 1.29 is 28.8 Å². The Morgan fingerprint density at radius 3 is 2.24 bits per heavy atom. The van der Waals surface area contributed by atoms with Gasteiger partial charge in [0.25, 0.3) is 0 Å². The number of fused-ring (bicyclic) bond motifs is 3. The lowest BCUT2D eigenvalue weighted by Gasteiger charge is -2.25. The molecule has 170 valence electrons. The molecule has 4 rings (SSSR count). The van der Waals surface area contributed by atoms with Gasteiger partial charge in [0.15, 0.2) is 11.5 Å². The number of carbonyl (C=O) groups excluding carboxylic acids is 2. The van der Waals surface area contributed by atoms with Gasteiger partial charge in [0.05, 0.1) is 6.54 Å². The second-order valence-corrected chi connectivity index (χ2v) is 8.24. The van der Waals surface area contributed by atoms with E-state index in [4.69, 9.17) is 14.4 Å². The van der Waals surface area contributed by atoms with Crippen molar-refractivity contribution in [2.24, 2.45) is 0 Å². The number of aromatic nitrogens is 1. The van der Waals surface area contributed by atoms with Crippen LogP contribution in [-0.2, 0) is 16.1 Å². The number of carboxylic acids is 1. The summed E-state index contributed by atoms with van der Waals surface area (Å²) in [5.74, 6) is -1.63. The molecular weight excluding hydrogens is 426 g/mol. The molecule has 1 aliphatic rings. The Morgan fingerprint density at radius 1 is 1.06 bits per heavy atom. The molecule has 0 bridgehead atoms. The third-order valence-corrected chi connectivity index (χ3v) is 5.53. The molecule has 2 amide bonds. The van der Waals surface area contributed by atoms with E-state index in [1.54, 1.807) is 0 Å². The van der Waals surface area contributed by atoms with Crippen molar-refractivity contribution in [2.75, 3.05) is 6.61 Å². The van der Waals surface area contributed by atoms with Crippen LogP contribution in [0.4, 0.5) is 4.79 Å². The van der Waals surface area contributed by atoms with Gasteiger partial charge in [0, 0.05) is 12.0 Å². The number of carbonyl (C=O) groups is 3. The van der Waals surface area contributed by atoms with E-state index >= 15 is 0 Å². The van der Waals surface area contributed by atoms with Crippen molar-refractivity contribution >= 4 is 18.0 Å². The van der Waals surface area contributed by atoms with Crippen LogP contribution in [-0.4, -0.2) is 40.4 Å². The average Bonchev–Trinajstić information content (AvgIpc) is 3.39. The predicted octanol–water partition coefficient (Wildman–Crippen LogP) is 3.31. The first-order valence-electron chi connectivity index (χ1n) is 10.4. The van der Waals surface area contributed by atoms with E-state index in [2.05, 4.69) is 27.9 Å². The van der Waals surface area contributed by atoms with Crippen LogP contribution in [0.1, 0.15) is 47.1 Å². The van der Waals surface area contributed by atoms with Gasteiger partial charge in [0.2, 0.25) is 5.91 Å². The van der Waals surface area contributed by atoms with E-state index in [1.165, 1.54) is 19.9 Å². The normalized spacial score (nSPS) is 12.5. The van der Waals surface area contributed by atoms with Crippen molar-refractivity contribution in [3.8, 4) is 11.1 Å². The molecular formula is C24H23N3O6. The number of rotatable bonds is 7. The number of hydrogen-bond donors (Lipinski definition) is 3. The average molecular weight is 449 g/mol. The summed E-state index contributed by atoms with van der Waals surface area (Å²) in [5.41, 5.74) is 2.90. The van der Waals surface area contributed by atoms with E-state index in [9.17, 15) is 14.4 Å². The Kier molecular flexibility index (Phi) is 5.87. The molecule has 0 saturated carbocycles. The minimum atomic E-state index is -1.28. The first-order chi connectivity index (χ1) is 15.8. The molecule has 0 atom stereocenters. The van der Waals surface area contributed by atoms with Gasteiger partial charge in [-0.25, -0.2) is 9.59 Å². The standard InChI is InChI=1S/C24H23N3O6/c1-24(2,22(30)25-12-14-11-20(21(28)29)27-33-14)26-23(31)32-13-19-17-9-5-3-7-15(17)16-8-4-6-10-18(16)19/h3-11,19H,12-13H2,1-2H3,(H,25,30)(H,26,31)(H,28,29). The van der Waals surface area contributed by atoms with Crippen molar-refractivity contribution in [1.82, 2.24) is 15.8 Å². The predicted molar refractivity (Wildman–Crippen MR) is 118 cm³/mol. The second kappa shape index (κ2) is 8.78. The van der Waals surface area contributed by atoms with Gasteiger partial charge >= 0.3 is 12.1 Å². The van der Waals surface area contributed by atoms with Gasteiger partial charge in [-0.05, 0) is 36.1 Å². The van der Waals surface area contributed by atoms with Crippen LogP contribution in [0.15, 0.2) is 59.1 Å². The third-order valence-electron chi connectivity index (χ3n) is 5.53. The fraction of sp³-hybridized carbons (Fsp3) is 0.250. The quantitative estimate of drug-likeness (QED) is 0.504. The number of ether oxygens (including phenoxy) is 1. The van der Waals surface area contributed by atoms with E-state index < -0.39 is 23.5 Å². The molecule has 0 aliphatic heterocycles. The highest BCUT2D eigenvalue weighted by molar-refractivity contribution is 5.89. The lowest BCUT2D eigenvalue weighted by molar-refractivity contribution is -0.126. The van der Waals surface area contributed by atoms with Gasteiger partial charge in [-0.3, -0.25) is 4.79 Å². The van der Waals surface area contributed by atoms with Gasteiger partial charge in [-0.1, -0.05) is 53.7 Å². The van der Waals surface area contributed by atoms with Crippen molar-refractivity contribution in [1.29, 1.82) is 0 Å². The summed E-state index contributed by atoms with van der Waals surface area (Å²) in [6, 6.07) is 17.2. The minimum absolute atomic E-state index is 0.0745. The smallest absolute Gasteiger partial charge is 0.408 e. The summed E-state index contributed by atoms with van der Waals surface area (Å²) in [6.07, 6.45) is -0.718. The second-order valence-electron chi connectivity index (χ2n) is 8.24. The number of aromatic carboxylic acids is 1. The zero-order valence-corrected chi connectivity index (χ0v) is 18.1. The van der Waals surface area contributed by atoms with E-state index in [0.717, 1.165) is 22.3 Å². The van der Waals surface area contributed by atoms with Crippen LogP contribution in [0, 0.1) is 0 Å². The van der Waals surface area contributed by atoms with Crippen LogP contribution in [0.5, 0.6) is 0 Å². The van der Waals surface area contributed by atoms with Crippen molar-refractivity contribution in [3.05, 3.63) is 77.2 Å². The highest BCUT2D eigenvalue weighted by atomic mass is 16.5. The topological polar surface area (TPSA) is 131 Å². The number of benzene rings is 2. The molecule has 1 aliphatic carbocycles. The van der Waals surface area contributed by atoms with Crippen LogP contribution >= 0.6 is 0 Å². The SMILES string of the molecule is CC(C)(NC(=O)OCC1c2ccccc2-c2ccccc21)C(=O)NCc1cc(C(=O)O)no1. The number of hydrogen-bond acceptors (Lipinski definition) is 6. The first kappa shape index (κ1) is 22.1. The number of nitrogens with one attached hydrogen (secondary N) is 2. The largest absolute Gasteiger partial charge is 0.476 e. The molecule has 3 N–H and O–H groups in total. The Morgan fingerprint density at radius 2 is 1.67 bits per heavy atom. The van der Waals surface area contributed by atoms with Gasteiger partial charge in [0.1, 0.15) is 12.1 Å². The number of carboxylic acid groups (broad SMARTS) is 1. The Bertz CT molecular complexity index is 1170. The van der Waals surface area contributed by atoms with Gasteiger partial charge < -0.3 is 25.0 Å². The number of alkyl carbamates (subject to hydrolysis) is 1. The highest BCUT2D eigenvalue weighted by Crippen LogP contribution is 2.44. The van der Waals surface area contributed by atoms with Crippen LogP contribution in [0.2, 0.25) is 0 Å². The van der Waals surface area contributed by atoms with Crippen LogP contribution < -0.4 is 10.6 Å². The molecule has 33 heavy (non-hydrogen) atoms. The summed E-state index contributed by atoms with van der Waals surface area (Å²) in [4.78, 5) is 35.9. The molecule has 1 aromatic heterocycles. The van der Waals surface area contributed by atoms with Crippen molar-refractivity contribution in [2.45, 2.75) is 31.8 Å². The molecule has 0 spiro atoms. The Balaban J connectivity index is 1.34. The first-order valence-corrected chi connectivity index (χ1v) is 10.4. The molecule has 9 nitrogen and oxygen atoms in total. The monoisotopic (exact) mass is 449 g/mol. The number of amides is 2. The molecule has 1 heterocycles. The van der Waals surface area contributed by atoms with Crippen LogP contribution in [0.25, 0.3) is 11.1 Å². The molecule has 0 radical (unpaired) electrons. The summed E-state index contributed by atoms with van der Waals surface area (Å²) in [5, 5.41) is 17.4. The van der Waals surface area contributed by atoms with Crippen LogP contribution in [0.3, 0.4) is 0 Å². The molecule has 9 heteroatoms. The van der Waals surface area contributed by atoms with E-state index in [1.807, 2.05) is 36.4 Å². The summed E-state index contributed by atoms with van der Waals surface area (Å²) in [6.45, 7) is 3.13. The maximum atomic E-state index is 12.5. The Labute approximate surface area is 189 Å². The summed E-state index contributed by atoms with van der Waals surface area (Å²) in [7, 11) is 0. The van der Waals surface area contributed by atoms with Crippen molar-refractivity contribution in [3.63, 3.8) is 0 Å². The fourth-order valence-corrected chi connectivity index (χ4v) is 3.83. The fourth-order valence-electron chi connectivity index (χ4n) is 3.83. The maximum Gasteiger partial charge on any atom is 0.408 e.